The van der Waals surface area contributed by atoms with Crippen LogP contribution in [-0.2, 0) is 0 Å². The van der Waals surface area contributed by atoms with E-state index < -0.39 is 11.6 Å². The topological polar surface area (TPSA) is 37.8 Å². The van der Waals surface area contributed by atoms with Crippen LogP contribution >= 0.6 is 11.5 Å². The fraction of sp³-hybridized carbons (Fsp3) is 0.273. The molecule has 0 amide bonds. The average Bonchev–Trinajstić information content (AvgIpc) is 2.80. The third-order valence-corrected chi connectivity index (χ3v) is 2.88. The van der Waals surface area contributed by atoms with Crippen molar-refractivity contribution in [1.82, 2.24) is 14.9 Å². The molecule has 1 aromatic carbocycles. The lowest BCUT2D eigenvalue weighted by molar-refractivity contribution is 0.535. The second-order valence-corrected chi connectivity index (χ2v) is 4.10. The van der Waals surface area contributed by atoms with Crippen molar-refractivity contribution in [3.8, 4) is 0 Å². The summed E-state index contributed by atoms with van der Waals surface area (Å²) in [5.74, 6) is -1.16. The molecule has 1 unspecified atom stereocenters. The van der Waals surface area contributed by atoms with E-state index >= 15 is 0 Å². The van der Waals surface area contributed by atoms with Gasteiger partial charge in [-0.1, -0.05) is 17.5 Å². The van der Waals surface area contributed by atoms with Gasteiger partial charge in [0, 0.05) is 17.0 Å². The number of benzene rings is 1. The zero-order chi connectivity index (χ0) is 12.3. The molecule has 0 aliphatic heterocycles. The van der Waals surface area contributed by atoms with Crippen LogP contribution in [0.25, 0.3) is 0 Å². The second-order valence-electron chi connectivity index (χ2n) is 3.49. The van der Waals surface area contributed by atoms with Crippen molar-refractivity contribution in [3.05, 3.63) is 46.5 Å². The van der Waals surface area contributed by atoms with Crippen LogP contribution in [-0.4, -0.2) is 16.1 Å². The summed E-state index contributed by atoms with van der Waals surface area (Å²) >= 11 is 1.20. The van der Waals surface area contributed by atoms with Gasteiger partial charge in [0.1, 0.15) is 11.6 Å². The van der Waals surface area contributed by atoms with Crippen LogP contribution < -0.4 is 5.32 Å². The Balaban J connectivity index is 2.39. The van der Waals surface area contributed by atoms with Gasteiger partial charge in [0.05, 0.1) is 11.7 Å². The highest BCUT2D eigenvalue weighted by atomic mass is 32.1. The molecule has 1 aromatic heterocycles. The van der Waals surface area contributed by atoms with Gasteiger partial charge in [-0.05, 0) is 24.1 Å². The predicted molar refractivity (Wildman–Crippen MR) is 61.8 cm³/mol. The lowest BCUT2D eigenvalue weighted by atomic mass is 10.0. The van der Waals surface area contributed by atoms with E-state index in [9.17, 15) is 8.78 Å². The van der Waals surface area contributed by atoms with Crippen LogP contribution in [0.15, 0.2) is 23.6 Å². The zero-order valence-corrected chi connectivity index (χ0v) is 9.97. The third kappa shape index (κ3) is 2.65. The summed E-state index contributed by atoms with van der Waals surface area (Å²) in [6.45, 7) is 2.56. The molecule has 1 N–H and O–H groups in total. The fourth-order valence-electron chi connectivity index (χ4n) is 1.61. The molecule has 1 atom stereocenters. The van der Waals surface area contributed by atoms with Crippen LogP contribution in [0.4, 0.5) is 8.78 Å². The average molecular weight is 255 g/mol. The quantitative estimate of drug-likeness (QED) is 0.912. The van der Waals surface area contributed by atoms with Crippen molar-refractivity contribution < 1.29 is 8.78 Å². The molecular formula is C11H11F2N3S. The van der Waals surface area contributed by atoms with Crippen LogP contribution in [0.1, 0.15) is 24.2 Å². The number of halogens is 2. The molecule has 0 aliphatic carbocycles. The highest BCUT2D eigenvalue weighted by Crippen LogP contribution is 2.24. The fourth-order valence-corrected chi connectivity index (χ4v) is 2.09. The van der Waals surface area contributed by atoms with Gasteiger partial charge in [0.15, 0.2) is 0 Å². The van der Waals surface area contributed by atoms with E-state index in [4.69, 9.17) is 0 Å². The molecule has 0 radical (unpaired) electrons. The van der Waals surface area contributed by atoms with Gasteiger partial charge in [0.25, 0.3) is 0 Å². The molecule has 0 saturated carbocycles. The Hall–Kier alpha value is -1.40. The van der Waals surface area contributed by atoms with Gasteiger partial charge in [-0.25, -0.2) is 8.78 Å². The normalized spacial score (nSPS) is 12.6. The van der Waals surface area contributed by atoms with Crippen LogP contribution in [0.3, 0.4) is 0 Å². The van der Waals surface area contributed by atoms with Gasteiger partial charge in [-0.2, -0.15) is 0 Å². The molecule has 0 bridgehead atoms. The number of aromatic nitrogens is 2. The summed E-state index contributed by atoms with van der Waals surface area (Å²) < 4.78 is 30.3. The van der Waals surface area contributed by atoms with Gasteiger partial charge in [-0.3, -0.25) is 0 Å². The van der Waals surface area contributed by atoms with E-state index in [2.05, 4.69) is 14.9 Å². The van der Waals surface area contributed by atoms with Crippen LogP contribution in [0.5, 0.6) is 0 Å². The van der Waals surface area contributed by atoms with E-state index in [0.29, 0.717) is 17.8 Å². The lowest BCUT2D eigenvalue weighted by Crippen LogP contribution is -2.23. The Kier molecular flexibility index (Phi) is 3.75. The number of nitrogens with one attached hydrogen (secondary N) is 1. The molecule has 6 heteroatoms. The highest BCUT2D eigenvalue weighted by molar-refractivity contribution is 7.03. The summed E-state index contributed by atoms with van der Waals surface area (Å²) in [5, 5.41) is 8.77. The molecular weight excluding hydrogens is 244 g/mol. The van der Waals surface area contributed by atoms with Gasteiger partial charge in [0.2, 0.25) is 0 Å². The van der Waals surface area contributed by atoms with E-state index in [0.717, 1.165) is 6.07 Å². The molecule has 2 rings (SSSR count). The predicted octanol–water partition coefficient (Wildman–Crippen LogP) is 2.52. The minimum atomic E-state index is -0.585. The first-order chi connectivity index (χ1) is 8.22. The summed E-state index contributed by atoms with van der Waals surface area (Å²) in [5.41, 5.74) is 1.02. The SMILES string of the molecule is CCNC(c1csnn1)c1ccc(F)cc1F. The van der Waals surface area contributed by atoms with Crippen molar-refractivity contribution in [2.75, 3.05) is 6.54 Å². The second kappa shape index (κ2) is 5.29. The minimum absolute atomic E-state index is 0.376. The molecule has 17 heavy (non-hydrogen) atoms. The van der Waals surface area contributed by atoms with Crippen molar-refractivity contribution in [1.29, 1.82) is 0 Å². The van der Waals surface area contributed by atoms with Gasteiger partial charge < -0.3 is 5.32 Å². The summed E-state index contributed by atoms with van der Waals surface area (Å²) in [6, 6.07) is 3.15. The van der Waals surface area contributed by atoms with Crippen LogP contribution in [0, 0.1) is 11.6 Å². The smallest absolute Gasteiger partial charge is 0.131 e. The zero-order valence-electron chi connectivity index (χ0n) is 9.15. The summed E-state index contributed by atoms with van der Waals surface area (Å²) in [7, 11) is 0. The highest BCUT2D eigenvalue weighted by Gasteiger charge is 2.19. The molecule has 1 heterocycles. The largest absolute Gasteiger partial charge is 0.305 e. The molecule has 90 valence electrons. The summed E-state index contributed by atoms with van der Waals surface area (Å²) in [6.07, 6.45) is 0. The van der Waals surface area contributed by atoms with E-state index in [1.165, 1.54) is 23.7 Å². The van der Waals surface area contributed by atoms with E-state index in [-0.39, 0.29) is 6.04 Å². The Morgan fingerprint density at radius 2 is 2.24 bits per heavy atom. The van der Waals surface area contributed by atoms with E-state index in [1.54, 1.807) is 5.38 Å². The minimum Gasteiger partial charge on any atom is -0.305 e. The van der Waals surface area contributed by atoms with Crippen molar-refractivity contribution in [2.45, 2.75) is 13.0 Å². The third-order valence-electron chi connectivity index (χ3n) is 2.35. The monoisotopic (exact) mass is 255 g/mol. The first-order valence-electron chi connectivity index (χ1n) is 5.17. The van der Waals surface area contributed by atoms with Crippen LogP contribution in [0.2, 0.25) is 0 Å². The number of hydrogen-bond donors (Lipinski definition) is 1. The Bertz CT molecular complexity index is 487. The maximum atomic E-state index is 13.7. The first-order valence-corrected chi connectivity index (χ1v) is 6.01. The van der Waals surface area contributed by atoms with Crippen molar-refractivity contribution >= 4 is 11.5 Å². The lowest BCUT2D eigenvalue weighted by Gasteiger charge is -2.16. The molecule has 3 nitrogen and oxygen atoms in total. The molecule has 2 aromatic rings. The maximum absolute atomic E-state index is 13.7. The standard InChI is InChI=1S/C11H11F2N3S/c1-2-14-11(10-6-17-16-15-10)8-4-3-7(12)5-9(8)13/h3-6,11,14H,2H2,1H3. The Morgan fingerprint density at radius 1 is 1.41 bits per heavy atom. The molecule has 0 fully saturated rings. The number of rotatable bonds is 4. The van der Waals surface area contributed by atoms with Crippen molar-refractivity contribution in [2.24, 2.45) is 0 Å². The molecule has 0 aliphatic rings. The maximum Gasteiger partial charge on any atom is 0.131 e. The van der Waals surface area contributed by atoms with Gasteiger partial charge in [-0.15, -0.1) is 5.10 Å². The van der Waals surface area contributed by atoms with Gasteiger partial charge >= 0.3 is 0 Å². The first kappa shape index (κ1) is 12.1. The summed E-state index contributed by atoms with van der Waals surface area (Å²) in [4.78, 5) is 0. The number of hydrogen-bond acceptors (Lipinski definition) is 4. The Labute approximate surface area is 102 Å². The molecule has 0 spiro atoms. The molecule has 0 saturated heterocycles. The van der Waals surface area contributed by atoms with Crippen molar-refractivity contribution in [3.63, 3.8) is 0 Å². The number of nitrogens with zero attached hydrogens (tertiary/aromatic N) is 2. The Morgan fingerprint density at radius 3 is 2.82 bits per heavy atom. The van der Waals surface area contributed by atoms with E-state index in [1.807, 2.05) is 6.92 Å².